The first kappa shape index (κ1) is 23.9. The number of ether oxygens (including phenoxy) is 6. The van der Waals surface area contributed by atoms with Crippen LogP contribution in [0.15, 0.2) is 36.0 Å². The Kier molecular flexibility index (Phi) is 5.31. The van der Waals surface area contributed by atoms with Crippen molar-refractivity contribution in [2.24, 2.45) is 10.8 Å². The number of allylic oxidation sites excluding steroid dienone is 2. The highest BCUT2D eigenvalue weighted by Gasteiger charge is 2.86. The van der Waals surface area contributed by atoms with Crippen LogP contribution in [-0.2, 0) is 42.8 Å². The third kappa shape index (κ3) is 3.35. The molecular formula is C27H32O9. The SMILES string of the molecule is C/C1=C\C(=O)OC[C@]23CC[C@@]4(C)O[C@H]4[C@H]2O[C@@H]2C[C@@H](OC(=O)/C=C\C=C\C(=O)OCC1)[C@@]3(C)C21CO1. The van der Waals surface area contributed by atoms with Crippen LogP contribution >= 0.6 is 0 Å². The summed E-state index contributed by atoms with van der Waals surface area (Å²) in [6.45, 7) is 6.73. The second-order valence-electron chi connectivity index (χ2n) is 11.3. The summed E-state index contributed by atoms with van der Waals surface area (Å²) < 4.78 is 36.0. The van der Waals surface area contributed by atoms with Crippen LogP contribution in [0.4, 0.5) is 0 Å². The van der Waals surface area contributed by atoms with E-state index in [1.807, 2.05) is 0 Å². The molecule has 36 heavy (non-hydrogen) atoms. The van der Waals surface area contributed by atoms with Gasteiger partial charge in [0.25, 0.3) is 0 Å². The Labute approximate surface area is 209 Å². The molecule has 194 valence electrons. The Morgan fingerprint density at radius 1 is 0.889 bits per heavy atom. The quantitative estimate of drug-likeness (QED) is 0.281. The highest BCUT2D eigenvalue weighted by Crippen LogP contribution is 2.75. The van der Waals surface area contributed by atoms with Crippen LogP contribution in [0.5, 0.6) is 0 Å². The first-order chi connectivity index (χ1) is 17.1. The molecule has 0 aromatic carbocycles. The molecule has 4 aliphatic heterocycles. The molecule has 1 unspecified atom stereocenters. The Morgan fingerprint density at radius 3 is 2.39 bits per heavy atom. The van der Waals surface area contributed by atoms with E-state index in [9.17, 15) is 14.4 Å². The summed E-state index contributed by atoms with van der Waals surface area (Å²) in [4.78, 5) is 37.5. The minimum Gasteiger partial charge on any atom is -0.462 e. The van der Waals surface area contributed by atoms with Crippen LogP contribution in [-0.4, -0.2) is 73.3 Å². The minimum absolute atomic E-state index is 0.103. The van der Waals surface area contributed by atoms with Gasteiger partial charge in [0.2, 0.25) is 0 Å². The highest BCUT2D eigenvalue weighted by atomic mass is 16.7. The maximum atomic E-state index is 12.9. The predicted octanol–water partition coefficient (Wildman–Crippen LogP) is 2.33. The molecule has 3 saturated heterocycles. The van der Waals surface area contributed by atoms with Crippen LogP contribution in [0.2, 0.25) is 0 Å². The molecule has 9 nitrogen and oxygen atoms in total. The Hall–Kier alpha value is -2.49. The molecule has 0 amide bonds. The van der Waals surface area contributed by atoms with Crippen molar-refractivity contribution in [2.75, 3.05) is 19.8 Å². The Balaban J connectivity index is 1.38. The molecule has 2 saturated carbocycles. The summed E-state index contributed by atoms with van der Waals surface area (Å²) in [6, 6.07) is 0. The standard InChI is InChI=1S/C27H32O9/c1-16-8-11-31-19(28)6-4-5-7-20(29)34-17-13-18-27(15-33-27)25(17,3)26(14-32-21(30)12-16)10-9-24(2)22(36-24)23(26)35-18/h4-7,12,17-18,22-23H,8-11,13-15H2,1-3H3/b6-4+,7-5-,16-12+/t17-,18-,22+,23-,24-,25-,26-,27?/m1/s1. The van der Waals surface area contributed by atoms with Gasteiger partial charge >= 0.3 is 17.9 Å². The number of hydrogen-bond acceptors (Lipinski definition) is 9. The molecule has 0 N–H and O–H groups in total. The normalized spacial score (nSPS) is 51.2. The van der Waals surface area contributed by atoms with Gasteiger partial charge in [0.15, 0.2) is 0 Å². The average Bonchev–Trinajstić information content (AvgIpc) is 3.73. The highest BCUT2D eigenvalue weighted by molar-refractivity contribution is 5.85. The van der Waals surface area contributed by atoms with Crippen LogP contribution < -0.4 is 0 Å². The molecule has 2 bridgehead atoms. The van der Waals surface area contributed by atoms with Crippen LogP contribution in [0.1, 0.15) is 46.5 Å². The summed E-state index contributed by atoms with van der Waals surface area (Å²) in [5.74, 6) is -1.52. The number of fused-ring (bicyclic) bond motifs is 2. The van der Waals surface area contributed by atoms with Gasteiger partial charge in [-0.15, -0.1) is 0 Å². The minimum atomic E-state index is -0.649. The van der Waals surface area contributed by atoms with Crippen molar-refractivity contribution in [2.45, 2.75) is 82.1 Å². The van der Waals surface area contributed by atoms with E-state index in [1.165, 1.54) is 30.4 Å². The fourth-order valence-corrected chi connectivity index (χ4v) is 7.17. The van der Waals surface area contributed by atoms with E-state index in [1.54, 1.807) is 6.92 Å². The van der Waals surface area contributed by atoms with E-state index in [0.29, 0.717) is 25.9 Å². The molecule has 6 rings (SSSR count). The van der Waals surface area contributed by atoms with Gasteiger partial charge in [-0.25, -0.2) is 14.4 Å². The lowest BCUT2D eigenvalue weighted by atomic mass is 9.50. The molecule has 0 aromatic rings. The maximum Gasteiger partial charge on any atom is 0.331 e. The number of carbonyl (C=O) groups is 3. The van der Waals surface area contributed by atoms with Gasteiger partial charge in [-0.05, 0) is 26.7 Å². The first-order valence-corrected chi connectivity index (χ1v) is 12.7. The van der Waals surface area contributed by atoms with E-state index in [2.05, 4.69) is 13.8 Å². The smallest absolute Gasteiger partial charge is 0.331 e. The molecule has 4 heterocycles. The van der Waals surface area contributed by atoms with E-state index >= 15 is 0 Å². The van der Waals surface area contributed by atoms with Gasteiger partial charge in [0.1, 0.15) is 24.4 Å². The molecule has 2 aliphatic carbocycles. The van der Waals surface area contributed by atoms with E-state index in [0.717, 1.165) is 12.0 Å². The maximum absolute atomic E-state index is 12.9. The number of cyclic esters (lactones) is 2. The van der Waals surface area contributed by atoms with Gasteiger partial charge in [0, 0.05) is 36.5 Å². The first-order valence-electron chi connectivity index (χ1n) is 12.7. The van der Waals surface area contributed by atoms with E-state index in [4.69, 9.17) is 28.4 Å². The summed E-state index contributed by atoms with van der Waals surface area (Å²) in [5.41, 5.74) is -1.39. The molecule has 6 aliphatic rings. The van der Waals surface area contributed by atoms with E-state index in [-0.39, 0.29) is 37.1 Å². The Morgan fingerprint density at radius 2 is 1.64 bits per heavy atom. The van der Waals surface area contributed by atoms with Crippen molar-refractivity contribution in [3.05, 3.63) is 36.0 Å². The van der Waals surface area contributed by atoms with Crippen LogP contribution in [0, 0.1) is 10.8 Å². The number of rotatable bonds is 0. The molecule has 0 aromatic heterocycles. The lowest BCUT2D eigenvalue weighted by molar-refractivity contribution is -0.250. The van der Waals surface area contributed by atoms with E-state index < -0.39 is 40.4 Å². The van der Waals surface area contributed by atoms with Gasteiger partial charge in [-0.1, -0.05) is 24.6 Å². The third-order valence-electron chi connectivity index (χ3n) is 9.51. The number of carbonyl (C=O) groups excluding carboxylic acids is 3. The third-order valence-corrected chi connectivity index (χ3v) is 9.51. The molecular weight excluding hydrogens is 468 g/mol. The zero-order valence-corrected chi connectivity index (χ0v) is 20.8. The average molecular weight is 501 g/mol. The summed E-state index contributed by atoms with van der Waals surface area (Å²) in [7, 11) is 0. The van der Waals surface area contributed by atoms with Crippen LogP contribution in [0.25, 0.3) is 0 Å². The monoisotopic (exact) mass is 500 g/mol. The number of hydrogen-bond donors (Lipinski definition) is 0. The largest absolute Gasteiger partial charge is 0.462 e. The fourth-order valence-electron chi connectivity index (χ4n) is 7.17. The van der Waals surface area contributed by atoms with Gasteiger partial charge in [-0.3, -0.25) is 0 Å². The molecule has 5 fully saturated rings. The van der Waals surface area contributed by atoms with Crippen molar-refractivity contribution in [1.29, 1.82) is 0 Å². The molecule has 2 spiro atoms. The molecule has 9 heteroatoms. The summed E-state index contributed by atoms with van der Waals surface area (Å²) in [5, 5.41) is 0. The molecule has 8 atom stereocenters. The number of esters is 3. The van der Waals surface area contributed by atoms with Crippen molar-refractivity contribution in [1.82, 2.24) is 0 Å². The Bertz CT molecular complexity index is 1090. The predicted molar refractivity (Wildman–Crippen MR) is 123 cm³/mol. The second kappa shape index (κ2) is 8.00. The summed E-state index contributed by atoms with van der Waals surface area (Å²) >= 11 is 0. The topological polar surface area (TPSA) is 113 Å². The van der Waals surface area contributed by atoms with Crippen molar-refractivity contribution < 1.29 is 42.8 Å². The second-order valence-corrected chi connectivity index (χ2v) is 11.3. The molecule has 0 radical (unpaired) electrons. The lowest BCUT2D eigenvalue weighted by Gasteiger charge is -2.58. The fraction of sp³-hybridized carbons (Fsp3) is 0.667. The number of epoxide rings is 2. The van der Waals surface area contributed by atoms with Gasteiger partial charge < -0.3 is 28.4 Å². The zero-order chi connectivity index (χ0) is 25.3. The van der Waals surface area contributed by atoms with Crippen molar-refractivity contribution in [3.8, 4) is 0 Å². The summed E-state index contributed by atoms with van der Waals surface area (Å²) in [6.07, 6.45) is 8.10. The lowest BCUT2D eigenvalue weighted by Crippen LogP contribution is -2.69. The van der Waals surface area contributed by atoms with Crippen molar-refractivity contribution in [3.63, 3.8) is 0 Å². The van der Waals surface area contributed by atoms with Crippen molar-refractivity contribution >= 4 is 17.9 Å². The van der Waals surface area contributed by atoms with Crippen LogP contribution in [0.3, 0.4) is 0 Å². The zero-order valence-electron chi connectivity index (χ0n) is 20.8. The van der Waals surface area contributed by atoms with Gasteiger partial charge in [-0.2, -0.15) is 0 Å². The van der Waals surface area contributed by atoms with Gasteiger partial charge in [0.05, 0.1) is 36.4 Å².